The first-order valence-electron chi connectivity index (χ1n) is 6.06. The van der Waals surface area contributed by atoms with Gasteiger partial charge in [-0.2, -0.15) is 0 Å². The molecule has 0 saturated carbocycles. The van der Waals surface area contributed by atoms with Gasteiger partial charge in [-0.1, -0.05) is 18.2 Å². The van der Waals surface area contributed by atoms with E-state index in [0.717, 1.165) is 23.9 Å². The second-order valence-corrected chi connectivity index (χ2v) is 4.28. The molecule has 1 heterocycles. The fraction of sp³-hybridized carbons (Fsp3) is 0. The second kappa shape index (κ2) is 5.12. The summed E-state index contributed by atoms with van der Waals surface area (Å²) in [7, 11) is 0. The Labute approximate surface area is 118 Å². The summed E-state index contributed by atoms with van der Waals surface area (Å²) in [4.78, 5) is 10.5. The average Bonchev–Trinajstić information content (AvgIpc) is 2.97. The lowest BCUT2D eigenvalue weighted by Crippen LogP contribution is -2.00. The normalized spacial score (nSPS) is 10.5. The van der Waals surface area contributed by atoms with Gasteiger partial charge in [0.25, 0.3) is 5.69 Å². The number of nitro benzene ring substituents is 1. The molecule has 0 bridgehead atoms. The molecular weight excluding hydrogens is 275 g/mol. The van der Waals surface area contributed by atoms with Crippen LogP contribution in [-0.4, -0.2) is 19.7 Å². The molecule has 0 aliphatic heterocycles. The van der Waals surface area contributed by atoms with E-state index in [1.807, 2.05) is 18.2 Å². The van der Waals surface area contributed by atoms with E-state index in [9.17, 15) is 14.5 Å². The molecule has 0 atom stereocenters. The molecule has 1 aromatic heterocycles. The molecule has 104 valence electrons. The first-order valence-corrected chi connectivity index (χ1v) is 6.06. The molecule has 0 unspecified atom stereocenters. The Morgan fingerprint density at radius 1 is 1.14 bits per heavy atom. The van der Waals surface area contributed by atoms with Crippen LogP contribution in [0.1, 0.15) is 0 Å². The average molecular weight is 284 g/mol. The van der Waals surface area contributed by atoms with Gasteiger partial charge in [0.1, 0.15) is 17.7 Å². The van der Waals surface area contributed by atoms with Crippen molar-refractivity contribution in [3.8, 4) is 17.1 Å². The quantitative estimate of drug-likeness (QED) is 0.547. The minimum absolute atomic E-state index is 0.0846. The van der Waals surface area contributed by atoms with E-state index in [-0.39, 0.29) is 17.1 Å². The van der Waals surface area contributed by atoms with Crippen LogP contribution in [0.25, 0.3) is 17.1 Å². The van der Waals surface area contributed by atoms with Crippen molar-refractivity contribution in [1.29, 1.82) is 0 Å². The molecule has 0 radical (unpaired) electrons. The molecular formula is C14H9FN4O2. The fourth-order valence-corrected chi connectivity index (χ4v) is 2.04. The van der Waals surface area contributed by atoms with Gasteiger partial charge in [0, 0.05) is 11.8 Å². The van der Waals surface area contributed by atoms with Crippen LogP contribution >= 0.6 is 0 Å². The lowest BCUT2D eigenvalue weighted by atomic mass is 10.1. The van der Waals surface area contributed by atoms with Crippen molar-refractivity contribution in [3.63, 3.8) is 0 Å². The molecule has 0 N–H and O–H groups in total. The number of hydrogen-bond acceptors (Lipinski definition) is 4. The molecule has 0 amide bonds. The zero-order valence-electron chi connectivity index (χ0n) is 10.7. The molecule has 7 heteroatoms. The molecule has 3 aromatic rings. The summed E-state index contributed by atoms with van der Waals surface area (Å²) in [6, 6.07) is 12.3. The van der Waals surface area contributed by atoms with Crippen molar-refractivity contribution in [2.45, 2.75) is 0 Å². The minimum Gasteiger partial charge on any atom is -0.281 e. The lowest BCUT2D eigenvalue weighted by molar-refractivity contribution is -0.384. The van der Waals surface area contributed by atoms with Crippen LogP contribution in [0.2, 0.25) is 0 Å². The third-order valence-corrected chi connectivity index (χ3v) is 2.98. The molecule has 2 aromatic carbocycles. The first-order chi connectivity index (χ1) is 10.2. The van der Waals surface area contributed by atoms with Crippen LogP contribution < -0.4 is 0 Å². The Bertz CT molecular complexity index is 802. The maximum Gasteiger partial charge on any atom is 0.280 e. The Morgan fingerprint density at radius 2 is 1.90 bits per heavy atom. The highest BCUT2D eigenvalue weighted by molar-refractivity contribution is 5.69. The topological polar surface area (TPSA) is 73.8 Å². The summed E-state index contributed by atoms with van der Waals surface area (Å²) < 4.78 is 15.0. The van der Waals surface area contributed by atoms with Gasteiger partial charge in [0.05, 0.1) is 4.92 Å². The number of benzene rings is 2. The Balaban J connectivity index is 2.21. The molecule has 0 aliphatic carbocycles. The van der Waals surface area contributed by atoms with Crippen LogP contribution in [0.5, 0.6) is 0 Å². The zero-order chi connectivity index (χ0) is 14.8. The lowest BCUT2D eigenvalue weighted by Gasteiger charge is -2.07. The van der Waals surface area contributed by atoms with Crippen LogP contribution in [0.15, 0.2) is 54.9 Å². The Kier molecular flexibility index (Phi) is 3.15. The van der Waals surface area contributed by atoms with Gasteiger partial charge in [-0.05, 0) is 24.3 Å². The van der Waals surface area contributed by atoms with E-state index in [1.165, 1.54) is 6.33 Å². The summed E-state index contributed by atoms with van der Waals surface area (Å²) in [6.07, 6.45) is 1.43. The molecule has 0 saturated heterocycles. The largest absolute Gasteiger partial charge is 0.281 e. The zero-order valence-corrected chi connectivity index (χ0v) is 10.7. The van der Waals surface area contributed by atoms with E-state index < -0.39 is 10.7 Å². The minimum atomic E-state index is -0.571. The van der Waals surface area contributed by atoms with Crippen molar-refractivity contribution in [1.82, 2.24) is 14.8 Å². The summed E-state index contributed by atoms with van der Waals surface area (Å²) in [6.45, 7) is 0. The van der Waals surface area contributed by atoms with Crippen LogP contribution in [-0.2, 0) is 0 Å². The maximum absolute atomic E-state index is 13.5. The number of rotatable bonds is 3. The molecule has 3 rings (SSSR count). The molecule has 6 nitrogen and oxygen atoms in total. The monoisotopic (exact) mass is 284 g/mol. The number of halogens is 1. The number of nitrogens with zero attached hydrogens (tertiary/aromatic N) is 4. The van der Waals surface area contributed by atoms with Crippen LogP contribution in [0, 0.1) is 15.9 Å². The maximum atomic E-state index is 13.5. The number of para-hydroxylation sites is 1. The predicted molar refractivity (Wildman–Crippen MR) is 73.4 cm³/mol. The van der Waals surface area contributed by atoms with Gasteiger partial charge < -0.3 is 0 Å². The van der Waals surface area contributed by atoms with E-state index in [0.29, 0.717) is 0 Å². The number of aromatic nitrogens is 3. The third-order valence-electron chi connectivity index (χ3n) is 2.98. The van der Waals surface area contributed by atoms with E-state index in [4.69, 9.17) is 0 Å². The van der Waals surface area contributed by atoms with Gasteiger partial charge in [-0.15, -0.1) is 10.2 Å². The predicted octanol–water partition coefficient (Wildman–Crippen LogP) is 2.98. The van der Waals surface area contributed by atoms with Gasteiger partial charge in [-0.25, -0.2) is 4.39 Å². The van der Waals surface area contributed by atoms with E-state index in [1.54, 1.807) is 16.7 Å². The molecule has 0 fully saturated rings. The third kappa shape index (κ3) is 2.36. The van der Waals surface area contributed by atoms with Gasteiger partial charge in [0.2, 0.25) is 0 Å². The van der Waals surface area contributed by atoms with Gasteiger partial charge in [0.15, 0.2) is 5.82 Å². The number of hydrogen-bond donors (Lipinski definition) is 0. The standard InChI is InChI=1S/C14H9FN4O2/c15-10-6-7-13(19(20)21)12(8-10)14-17-16-9-18(14)11-4-2-1-3-5-11/h1-9H. The van der Waals surface area contributed by atoms with Crippen molar-refractivity contribution in [2.24, 2.45) is 0 Å². The highest BCUT2D eigenvalue weighted by Gasteiger charge is 2.21. The molecule has 0 spiro atoms. The first kappa shape index (κ1) is 12.9. The summed E-state index contributed by atoms with van der Waals surface area (Å²) in [5.74, 6) is -0.356. The Hall–Kier alpha value is -3.09. The summed E-state index contributed by atoms with van der Waals surface area (Å²) >= 11 is 0. The van der Waals surface area contributed by atoms with Crippen LogP contribution in [0.3, 0.4) is 0 Å². The number of nitro groups is 1. The van der Waals surface area contributed by atoms with Crippen molar-refractivity contribution in [2.75, 3.05) is 0 Å². The molecule has 0 aliphatic rings. The molecule has 21 heavy (non-hydrogen) atoms. The van der Waals surface area contributed by atoms with E-state index in [2.05, 4.69) is 10.2 Å². The van der Waals surface area contributed by atoms with Crippen LogP contribution in [0.4, 0.5) is 10.1 Å². The van der Waals surface area contributed by atoms with Gasteiger partial charge in [-0.3, -0.25) is 14.7 Å². The second-order valence-electron chi connectivity index (χ2n) is 4.28. The van der Waals surface area contributed by atoms with Gasteiger partial charge >= 0.3 is 0 Å². The summed E-state index contributed by atoms with van der Waals surface area (Å²) in [5.41, 5.74) is 0.596. The highest BCUT2D eigenvalue weighted by atomic mass is 19.1. The van der Waals surface area contributed by atoms with E-state index >= 15 is 0 Å². The fourth-order valence-electron chi connectivity index (χ4n) is 2.04. The highest BCUT2D eigenvalue weighted by Crippen LogP contribution is 2.30. The van der Waals surface area contributed by atoms with Crippen molar-refractivity contribution in [3.05, 3.63) is 70.8 Å². The summed E-state index contributed by atoms with van der Waals surface area (Å²) in [5, 5.41) is 18.8. The smallest absolute Gasteiger partial charge is 0.280 e. The Morgan fingerprint density at radius 3 is 2.62 bits per heavy atom. The van der Waals surface area contributed by atoms with Crippen molar-refractivity contribution < 1.29 is 9.31 Å². The van der Waals surface area contributed by atoms with Crippen molar-refractivity contribution >= 4 is 5.69 Å². The SMILES string of the molecule is O=[N+]([O-])c1ccc(F)cc1-c1nncn1-c1ccccc1.